The summed E-state index contributed by atoms with van der Waals surface area (Å²) in [6.45, 7) is 6.63. The molecule has 3 heteroatoms. The van der Waals surface area contributed by atoms with Crippen molar-refractivity contribution in [1.29, 1.82) is 0 Å². The van der Waals surface area contributed by atoms with Crippen LogP contribution in [0.2, 0.25) is 0 Å². The average molecular weight is 312 g/mol. The monoisotopic (exact) mass is 311 g/mol. The third-order valence-corrected chi connectivity index (χ3v) is 4.36. The maximum absolute atomic E-state index is 5.79. The lowest BCUT2D eigenvalue weighted by Gasteiger charge is -2.26. The minimum atomic E-state index is 0.817. The standard InChI is InChI=1S/C15H22BrNO/c1-13-12-14(6-7-15(13)16)18-11-5-10-17-8-3-2-4-9-17/h6-7,12H,2-5,8-11H2,1H3. The van der Waals surface area contributed by atoms with Crippen molar-refractivity contribution in [3.05, 3.63) is 28.2 Å². The van der Waals surface area contributed by atoms with E-state index < -0.39 is 0 Å². The van der Waals surface area contributed by atoms with Gasteiger partial charge in [-0.2, -0.15) is 0 Å². The summed E-state index contributed by atoms with van der Waals surface area (Å²) in [4.78, 5) is 2.56. The van der Waals surface area contributed by atoms with Gasteiger partial charge in [0.05, 0.1) is 6.61 Å². The van der Waals surface area contributed by atoms with E-state index in [1.165, 1.54) is 44.5 Å². The molecule has 100 valence electrons. The van der Waals surface area contributed by atoms with E-state index >= 15 is 0 Å². The first-order valence-corrected chi connectivity index (χ1v) is 7.66. The van der Waals surface area contributed by atoms with Gasteiger partial charge in [0, 0.05) is 11.0 Å². The van der Waals surface area contributed by atoms with E-state index in [0.717, 1.165) is 23.2 Å². The maximum atomic E-state index is 5.79. The second-order valence-corrected chi connectivity index (χ2v) is 5.87. The molecule has 0 saturated carbocycles. The van der Waals surface area contributed by atoms with E-state index in [4.69, 9.17) is 4.74 Å². The number of halogens is 1. The molecule has 0 aliphatic carbocycles. The Morgan fingerprint density at radius 1 is 1.22 bits per heavy atom. The van der Waals surface area contributed by atoms with E-state index in [1.807, 2.05) is 6.07 Å². The molecule has 2 rings (SSSR count). The number of ether oxygens (including phenoxy) is 1. The van der Waals surface area contributed by atoms with Gasteiger partial charge in [-0.15, -0.1) is 0 Å². The van der Waals surface area contributed by atoms with Crippen LogP contribution in [0.3, 0.4) is 0 Å². The first kappa shape index (κ1) is 13.9. The maximum Gasteiger partial charge on any atom is 0.119 e. The first-order chi connectivity index (χ1) is 8.75. The summed E-state index contributed by atoms with van der Waals surface area (Å²) >= 11 is 3.50. The molecular formula is C15H22BrNO. The summed E-state index contributed by atoms with van der Waals surface area (Å²) in [5, 5.41) is 0. The first-order valence-electron chi connectivity index (χ1n) is 6.87. The minimum Gasteiger partial charge on any atom is -0.494 e. The molecule has 1 fully saturated rings. The molecule has 1 aromatic carbocycles. The van der Waals surface area contributed by atoms with Crippen molar-refractivity contribution in [2.45, 2.75) is 32.6 Å². The topological polar surface area (TPSA) is 12.5 Å². The molecule has 0 spiro atoms. The van der Waals surface area contributed by atoms with Gasteiger partial charge in [-0.05, 0) is 63.0 Å². The lowest BCUT2D eigenvalue weighted by atomic mass is 10.1. The van der Waals surface area contributed by atoms with Crippen LogP contribution >= 0.6 is 15.9 Å². The fourth-order valence-electron chi connectivity index (χ4n) is 2.37. The third-order valence-electron chi connectivity index (χ3n) is 3.47. The number of hydrogen-bond acceptors (Lipinski definition) is 2. The average Bonchev–Trinajstić information content (AvgIpc) is 2.40. The van der Waals surface area contributed by atoms with Gasteiger partial charge in [0.1, 0.15) is 5.75 Å². The predicted molar refractivity (Wildman–Crippen MR) is 79.3 cm³/mol. The molecule has 0 aromatic heterocycles. The Hall–Kier alpha value is -0.540. The number of likely N-dealkylation sites (tertiary alicyclic amines) is 1. The lowest BCUT2D eigenvalue weighted by molar-refractivity contribution is 0.205. The van der Waals surface area contributed by atoms with E-state index in [1.54, 1.807) is 0 Å². The molecule has 2 nitrogen and oxygen atoms in total. The van der Waals surface area contributed by atoms with E-state index in [9.17, 15) is 0 Å². The van der Waals surface area contributed by atoms with E-state index in [2.05, 4.69) is 39.9 Å². The predicted octanol–water partition coefficient (Wildman–Crippen LogP) is 4.01. The zero-order valence-corrected chi connectivity index (χ0v) is 12.7. The third kappa shape index (κ3) is 4.29. The van der Waals surface area contributed by atoms with Gasteiger partial charge in [0.2, 0.25) is 0 Å². The van der Waals surface area contributed by atoms with Crippen LogP contribution in [0, 0.1) is 6.92 Å². The van der Waals surface area contributed by atoms with Crippen LogP contribution in [-0.2, 0) is 0 Å². The summed E-state index contributed by atoms with van der Waals surface area (Å²) in [6, 6.07) is 6.16. The molecule has 0 unspecified atom stereocenters. The van der Waals surface area contributed by atoms with Crippen LogP contribution < -0.4 is 4.74 Å². The lowest BCUT2D eigenvalue weighted by Crippen LogP contribution is -2.31. The van der Waals surface area contributed by atoms with Crippen molar-refractivity contribution < 1.29 is 4.74 Å². The fourth-order valence-corrected chi connectivity index (χ4v) is 2.61. The van der Waals surface area contributed by atoms with Gasteiger partial charge in [0.15, 0.2) is 0 Å². The highest BCUT2D eigenvalue weighted by Crippen LogP contribution is 2.21. The molecule has 1 aromatic rings. The van der Waals surface area contributed by atoms with E-state index in [0.29, 0.717) is 0 Å². The van der Waals surface area contributed by atoms with Crippen LogP contribution in [0.1, 0.15) is 31.2 Å². The Balaban J connectivity index is 1.66. The van der Waals surface area contributed by atoms with Gasteiger partial charge in [-0.25, -0.2) is 0 Å². The summed E-state index contributed by atoms with van der Waals surface area (Å²) < 4.78 is 6.93. The molecule has 0 bridgehead atoms. The summed E-state index contributed by atoms with van der Waals surface area (Å²) in [5.41, 5.74) is 1.23. The largest absolute Gasteiger partial charge is 0.494 e. The highest BCUT2D eigenvalue weighted by Gasteiger charge is 2.09. The number of hydrogen-bond donors (Lipinski definition) is 0. The van der Waals surface area contributed by atoms with Crippen molar-refractivity contribution in [2.75, 3.05) is 26.2 Å². The molecule has 1 saturated heterocycles. The number of benzene rings is 1. The molecule has 0 N–H and O–H groups in total. The van der Waals surface area contributed by atoms with Gasteiger partial charge in [-0.1, -0.05) is 22.4 Å². The Kier molecular flexibility index (Phi) is 5.51. The molecule has 18 heavy (non-hydrogen) atoms. The van der Waals surface area contributed by atoms with Crippen molar-refractivity contribution >= 4 is 15.9 Å². The highest BCUT2D eigenvalue weighted by atomic mass is 79.9. The number of nitrogens with zero attached hydrogens (tertiary/aromatic N) is 1. The van der Waals surface area contributed by atoms with Gasteiger partial charge >= 0.3 is 0 Å². The summed E-state index contributed by atoms with van der Waals surface area (Å²) in [5.74, 6) is 0.981. The van der Waals surface area contributed by atoms with Crippen molar-refractivity contribution in [2.24, 2.45) is 0 Å². The van der Waals surface area contributed by atoms with Crippen molar-refractivity contribution in [3.63, 3.8) is 0 Å². The van der Waals surface area contributed by atoms with Crippen LogP contribution in [0.4, 0.5) is 0 Å². The van der Waals surface area contributed by atoms with Gasteiger partial charge in [-0.3, -0.25) is 0 Å². The highest BCUT2D eigenvalue weighted by molar-refractivity contribution is 9.10. The molecule has 0 atom stereocenters. The van der Waals surface area contributed by atoms with Crippen molar-refractivity contribution in [3.8, 4) is 5.75 Å². The summed E-state index contributed by atoms with van der Waals surface area (Å²) in [7, 11) is 0. The second kappa shape index (κ2) is 7.15. The quantitative estimate of drug-likeness (QED) is 0.762. The Morgan fingerprint density at radius 3 is 2.72 bits per heavy atom. The Labute approximate surface area is 118 Å². The second-order valence-electron chi connectivity index (χ2n) is 5.02. The van der Waals surface area contributed by atoms with Crippen LogP contribution in [0.25, 0.3) is 0 Å². The SMILES string of the molecule is Cc1cc(OCCCN2CCCCC2)ccc1Br. The molecule has 1 aliphatic rings. The minimum absolute atomic E-state index is 0.817. The van der Waals surface area contributed by atoms with E-state index in [-0.39, 0.29) is 0 Å². The normalized spacial score (nSPS) is 16.8. The number of rotatable bonds is 5. The Bertz CT molecular complexity index is 375. The number of aryl methyl sites for hydroxylation is 1. The smallest absolute Gasteiger partial charge is 0.119 e. The van der Waals surface area contributed by atoms with Crippen LogP contribution in [-0.4, -0.2) is 31.1 Å². The molecular weight excluding hydrogens is 290 g/mol. The zero-order chi connectivity index (χ0) is 12.8. The zero-order valence-electron chi connectivity index (χ0n) is 11.1. The number of piperidine rings is 1. The Morgan fingerprint density at radius 2 is 2.00 bits per heavy atom. The summed E-state index contributed by atoms with van der Waals surface area (Å²) in [6.07, 6.45) is 5.26. The molecule has 1 aliphatic heterocycles. The molecule has 0 amide bonds. The van der Waals surface area contributed by atoms with Gasteiger partial charge < -0.3 is 9.64 Å². The van der Waals surface area contributed by atoms with Gasteiger partial charge in [0.25, 0.3) is 0 Å². The van der Waals surface area contributed by atoms with Crippen LogP contribution in [0.15, 0.2) is 22.7 Å². The van der Waals surface area contributed by atoms with Crippen LogP contribution in [0.5, 0.6) is 5.75 Å². The molecule has 0 radical (unpaired) electrons. The fraction of sp³-hybridized carbons (Fsp3) is 0.600. The van der Waals surface area contributed by atoms with Crippen molar-refractivity contribution in [1.82, 2.24) is 4.90 Å². The molecule has 1 heterocycles.